The standard InChI is InChI=1S/C15H30N2S/c1-4-18-8-7-17-11-14(9-12(2)3)16-10-15(17)13-5-6-13/h12-16H,4-11H2,1-3H3. The van der Waals surface area contributed by atoms with Crippen LogP contribution in [0.1, 0.15) is 40.0 Å². The maximum atomic E-state index is 3.79. The molecule has 0 bridgehead atoms. The van der Waals surface area contributed by atoms with Crippen molar-refractivity contribution in [3.05, 3.63) is 0 Å². The Bertz CT molecular complexity index is 241. The number of thioether (sulfide) groups is 1. The fraction of sp³-hybridized carbons (Fsp3) is 1.00. The lowest BCUT2D eigenvalue weighted by Gasteiger charge is -2.41. The van der Waals surface area contributed by atoms with Crippen molar-refractivity contribution in [2.75, 3.05) is 31.1 Å². The number of piperazine rings is 1. The molecule has 106 valence electrons. The van der Waals surface area contributed by atoms with Gasteiger partial charge in [-0.1, -0.05) is 20.8 Å². The second kappa shape index (κ2) is 7.16. The summed E-state index contributed by atoms with van der Waals surface area (Å²) in [7, 11) is 0. The minimum absolute atomic E-state index is 0.728. The molecule has 0 amide bonds. The van der Waals surface area contributed by atoms with Crippen LogP contribution in [-0.2, 0) is 0 Å². The number of rotatable bonds is 7. The lowest BCUT2D eigenvalue weighted by atomic mass is 9.98. The van der Waals surface area contributed by atoms with Crippen LogP contribution in [0.25, 0.3) is 0 Å². The first kappa shape index (κ1) is 14.7. The number of nitrogens with one attached hydrogen (secondary N) is 1. The van der Waals surface area contributed by atoms with Crippen LogP contribution in [0.4, 0.5) is 0 Å². The highest BCUT2D eigenvalue weighted by molar-refractivity contribution is 7.99. The summed E-state index contributed by atoms with van der Waals surface area (Å²) in [6.45, 7) is 10.8. The van der Waals surface area contributed by atoms with E-state index >= 15 is 0 Å². The quantitative estimate of drug-likeness (QED) is 0.716. The SMILES string of the molecule is CCSCCN1CC(CC(C)C)NCC1C1CC1. The van der Waals surface area contributed by atoms with Gasteiger partial charge in [-0.15, -0.1) is 0 Å². The second-order valence-electron chi connectivity index (χ2n) is 6.33. The molecule has 1 aliphatic heterocycles. The zero-order valence-corrected chi connectivity index (χ0v) is 13.1. The smallest absolute Gasteiger partial charge is 0.0249 e. The molecule has 0 radical (unpaired) electrons. The molecule has 0 aromatic heterocycles. The van der Waals surface area contributed by atoms with Gasteiger partial charge in [0.05, 0.1) is 0 Å². The van der Waals surface area contributed by atoms with Gasteiger partial charge in [-0.2, -0.15) is 11.8 Å². The van der Waals surface area contributed by atoms with Crippen molar-refractivity contribution in [1.82, 2.24) is 10.2 Å². The van der Waals surface area contributed by atoms with Crippen molar-refractivity contribution in [3.63, 3.8) is 0 Å². The number of hydrogen-bond donors (Lipinski definition) is 1. The summed E-state index contributed by atoms with van der Waals surface area (Å²) in [5, 5.41) is 3.79. The third-order valence-electron chi connectivity index (χ3n) is 4.19. The Kier molecular flexibility index (Phi) is 5.84. The van der Waals surface area contributed by atoms with Crippen LogP contribution >= 0.6 is 11.8 Å². The molecule has 3 heteroatoms. The molecule has 1 saturated heterocycles. The third-order valence-corrected chi connectivity index (χ3v) is 5.07. The molecule has 1 aliphatic carbocycles. The topological polar surface area (TPSA) is 15.3 Å². The minimum atomic E-state index is 0.728. The zero-order valence-electron chi connectivity index (χ0n) is 12.3. The summed E-state index contributed by atoms with van der Waals surface area (Å²) < 4.78 is 0. The van der Waals surface area contributed by atoms with Crippen LogP contribution in [0.15, 0.2) is 0 Å². The highest BCUT2D eigenvalue weighted by Crippen LogP contribution is 2.36. The van der Waals surface area contributed by atoms with Crippen molar-refractivity contribution in [3.8, 4) is 0 Å². The van der Waals surface area contributed by atoms with Crippen LogP contribution in [0, 0.1) is 11.8 Å². The molecule has 0 aromatic rings. The van der Waals surface area contributed by atoms with Gasteiger partial charge in [-0.3, -0.25) is 4.90 Å². The summed E-state index contributed by atoms with van der Waals surface area (Å²) >= 11 is 2.09. The van der Waals surface area contributed by atoms with Gasteiger partial charge in [-0.05, 0) is 36.9 Å². The minimum Gasteiger partial charge on any atom is -0.311 e. The van der Waals surface area contributed by atoms with Gasteiger partial charge < -0.3 is 5.32 Å². The Morgan fingerprint density at radius 3 is 2.72 bits per heavy atom. The van der Waals surface area contributed by atoms with Gasteiger partial charge in [0.2, 0.25) is 0 Å². The Morgan fingerprint density at radius 2 is 2.11 bits per heavy atom. The van der Waals surface area contributed by atoms with Crippen molar-refractivity contribution >= 4 is 11.8 Å². The molecule has 18 heavy (non-hydrogen) atoms. The summed E-state index contributed by atoms with van der Waals surface area (Å²) in [4.78, 5) is 2.80. The second-order valence-corrected chi connectivity index (χ2v) is 7.73. The van der Waals surface area contributed by atoms with E-state index in [0.29, 0.717) is 0 Å². The van der Waals surface area contributed by atoms with E-state index in [-0.39, 0.29) is 0 Å². The third kappa shape index (κ3) is 4.43. The van der Waals surface area contributed by atoms with E-state index in [2.05, 4.69) is 42.7 Å². The van der Waals surface area contributed by atoms with E-state index in [1.54, 1.807) is 0 Å². The van der Waals surface area contributed by atoms with E-state index in [1.807, 2.05) is 0 Å². The summed E-state index contributed by atoms with van der Waals surface area (Å²) in [5.41, 5.74) is 0. The van der Waals surface area contributed by atoms with Crippen LogP contribution in [0.5, 0.6) is 0 Å². The van der Waals surface area contributed by atoms with Crippen molar-refractivity contribution in [2.45, 2.75) is 52.1 Å². The highest BCUT2D eigenvalue weighted by Gasteiger charge is 2.38. The molecule has 2 unspecified atom stereocenters. The molecule has 1 heterocycles. The fourth-order valence-corrected chi connectivity index (χ4v) is 3.81. The van der Waals surface area contributed by atoms with E-state index in [1.165, 1.54) is 50.4 Å². The van der Waals surface area contributed by atoms with Gasteiger partial charge in [0, 0.05) is 37.5 Å². The summed E-state index contributed by atoms with van der Waals surface area (Å²) in [6, 6.07) is 1.57. The van der Waals surface area contributed by atoms with Gasteiger partial charge in [-0.25, -0.2) is 0 Å². The number of nitrogens with zero attached hydrogens (tertiary/aromatic N) is 1. The molecule has 1 saturated carbocycles. The summed E-state index contributed by atoms with van der Waals surface area (Å²) in [6.07, 6.45) is 4.27. The molecule has 2 fully saturated rings. The Morgan fingerprint density at radius 1 is 1.33 bits per heavy atom. The van der Waals surface area contributed by atoms with Gasteiger partial charge in [0.15, 0.2) is 0 Å². The maximum Gasteiger partial charge on any atom is 0.0249 e. The molecule has 0 aromatic carbocycles. The monoisotopic (exact) mass is 270 g/mol. The first-order valence-corrected chi connectivity index (χ1v) is 8.91. The molecule has 0 spiro atoms. The molecule has 2 nitrogen and oxygen atoms in total. The maximum absolute atomic E-state index is 3.79. The zero-order chi connectivity index (χ0) is 13.0. The van der Waals surface area contributed by atoms with E-state index in [9.17, 15) is 0 Å². The Balaban J connectivity index is 1.82. The van der Waals surface area contributed by atoms with Crippen molar-refractivity contribution in [1.29, 1.82) is 0 Å². The first-order valence-electron chi connectivity index (χ1n) is 7.75. The molecular formula is C15H30N2S. The lowest BCUT2D eigenvalue weighted by Crippen LogP contribution is -2.58. The average Bonchev–Trinajstić information content (AvgIpc) is 3.13. The number of hydrogen-bond acceptors (Lipinski definition) is 3. The average molecular weight is 270 g/mol. The van der Waals surface area contributed by atoms with E-state index in [0.717, 1.165) is 23.9 Å². The molecule has 2 atom stereocenters. The molecule has 2 rings (SSSR count). The normalized spacial score (nSPS) is 30.0. The lowest BCUT2D eigenvalue weighted by molar-refractivity contribution is 0.115. The predicted molar refractivity (Wildman–Crippen MR) is 82.3 cm³/mol. The Hall–Kier alpha value is 0.270. The van der Waals surface area contributed by atoms with Crippen LogP contribution in [-0.4, -0.2) is 48.1 Å². The summed E-state index contributed by atoms with van der Waals surface area (Å²) in [5.74, 6) is 4.39. The van der Waals surface area contributed by atoms with Gasteiger partial charge >= 0.3 is 0 Å². The molecule has 2 aliphatic rings. The van der Waals surface area contributed by atoms with E-state index in [4.69, 9.17) is 0 Å². The van der Waals surface area contributed by atoms with Crippen molar-refractivity contribution in [2.24, 2.45) is 11.8 Å². The highest BCUT2D eigenvalue weighted by atomic mass is 32.2. The molecule has 1 N–H and O–H groups in total. The van der Waals surface area contributed by atoms with Gasteiger partial charge in [0.1, 0.15) is 0 Å². The largest absolute Gasteiger partial charge is 0.311 e. The Labute approximate surface area is 117 Å². The van der Waals surface area contributed by atoms with E-state index < -0.39 is 0 Å². The molecular weight excluding hydrogens is 240 g/mol. The van der Waals surface area contributed by atoms with Gasteiger partial charge in [0.25, 0.3) is 0 Å². The first-order chi connectivity index (χ1) is 8.70. The predicted octanol–water partition coefficient (Wildman–Crippen LogP) is 2.84. The van der Waals surface area contributed by atoms with Crippen molar-refractivity contribution < 1.29 is 0 Å². The van der Waals surface area contributed by atoms with Crippen LogP contribution < -0.4 is 5.32 Å². The fourth-order valence-electron chi connectivity index (χ4n) is 3.16. The van der Waals surface area contributed by atoms with Crippen LogP contribution in [0.2, 0.25) is 0 Å². The van der Waals surface area contributed by atoms with Crippen LogP contribution in [0.3, 0.4) is 0 Å².